The van der Waals surface area contributed by atoms with Gasteiger partial charge in [-0.1, -0.05) is 6.07 Å². The van der Waals surface area contributed by atoms with E-state index in [9.17, 15) is 27.1 Å². The SMILES string of the molecule is O=C(NNS(=O)(=O)c1ccc(F)c(F)c1)c1cccc(O)c1. The highest BCUT2D eigenvalue weighted by Gasteiger charge is 2.18. The molecule has 0 spiro atoms. The molecule has 3 N–H and O–H groups in total. The number of amides is 1. The van der Waals surface area contributed by atoms with Gasteiger partial charge in [0, 0.05) is 5.56 Å². The molecule has 0 radical (unpaired) electrons. The minimum Gasteiger partial charge on any atom is -0.508 e. The van der Waals surface area contributed by atoms with Crippen molar-refractivity contribution in [2.75, 3.05) is 0 Å². The van der Waals surface area contributed by atoms with E-state index in [2.05, 4.69) is 0 Å². The zero-order valence-electron chi connectivity index (χ0n) is 10.9. The quantitative estimate of drug-likeness (QED) is 0.737. The summed E-state index contributed by atoms with van der Waals surface area (Å²) in [7, 11) is -4.26. The monoisotopic (exact) mass is 328 g/mol. The number of nitrogens with one attached hydrogen (secondary N) is 2. The minimum atomic E-state index is -4.26. The number of carbonyl (C=O) groups excluding carboxylic acids is 1. The lowest BCUT2D eigenvalue weighted by Crippen LogP contribution is -2.41. The molecule has 0 atom stereocenters. The van der Waals surface area contributed by atoms with Gasteiger partial charge >= 0.3 is 0 Å². The minimum absolute atomic E-state index is 0.00740. The van der Waals surface area contributed by atoms with Gasteiger partial charge in [-0.2, -0.15) is 0 Å². The summed E-state index contributed by atoms with van der Waals surface area (Å²) in [6.45, 7) is 0. The summed E-state index contributed by atoms with van der Waals surface area (Å²) in [4.78, 5) is 12.9. The van der Waals surface area contributed by atoms with E-state index in [0.29, 0.717) is 12.1 Å². The van der Waals surface area contributed by atoms with Crippen LogP contribution in [0.1, 0.15) is 10.4 Å². The first-order valence-corrected chi connectivity index (χ1v) is 7.34. The Balaban J connectivity index is 2.12. The number of benzene rings is 2. The number of carbonyl (C=O) groups is 1. The van der Waals surface area contributed by atoms with Crippen molar-refractivity contribution in [1.82, 2.24) is 10.3 Å². The Hall–Kier alpha value is -2.52. The van der Waals surface area contributed by atoms with Crippen LogP contribution >= 0.6 is 0 Å². The van der Waals surface area contributed by atoms with Crippen LogP contribution in [0.5, 0.6) is 5.75 Å². The Bertz CT molecular complexity index is 825. The van der Waals surface area contributed by atoms with Gasteiger partial charge in [0.1, 0.15) is 5.75 Å². The number of hydrazine groups is 1. The van der Waals surface area contributed by atoms with E-state index < -0.39 is 32.5 Å². The third-order valence-electron chi connectivity index (χ3n) is 2.61. The topological polar surface area (TPSA) is 95.5 Å². The Kier molecular flexibility index (Phi) is 4.38. The van der Waals surface area contributed by atoms with Gasteiger partial charge in [0.25, 0.3) is 15.9 Å². The van der Waals surface area contributed by atoms with Crippen molar-refractivity contribution in [3.63, 3.8) is 0 Å². The Morgan fingerprint density at radius 3 is 2.41 bits per heavy atom. The highest BCUT2D eigenvalue weighted by atomic mass is 32.2. The molecule has 0 aliphatic rings. The number of hydrogen-bond acceptors (Lipinski definition) is 4. The molecular weight excluding hydrogens is 318 g/mol. The molecule has 0 aromatic heterocycles. The smallest absolute Gasteiger partial charge is 0.266 e. The Morgan fingerprint density at radius 1 is 1.05 bits per heavy atom. The summed E-state index contributed by atoms with van der Waals surface area (Å²) in [5, 5.41) is 9.23. The van der Waals surface area contributed by atoms with Gasteiger partial charge < -0.3 is 5.11 Å². The molecule has 116 valence electrons. The first-order chi connectivity index (χ1) is 10.3. The predicted octanol–water partition coefficient (Wildman–Crippen LogP) is 1.29. The molecule has 0 bridgehead atoms. The largest absolute Gasteiger partial charge is 0.508 e. The van der Waals surface area contributed by atoms with Crippen LogP contribution in [-0.2, 0) is 10.0 Å². The summed E-state index contributed by atoms with van der Waals surface area (Å²) >= 11 is 0. The number of aromatic hydroxyl groups is 1. The van der Waals surface area contributed by atoms with E-state index in [1.807, 2.05) is 5.43 Å². The van der Waals surface area contributed by atoms with Crippen molar-refractivity contribution in [2.45, 2.75) is 4.90 Å². The zero-order valence-corrected chi connectivity index (χ0v) is 11.7. The molecule has 0 unspecified atom stereocenters. The van der Waals surface area contributed by atoms with Gasteiger partial charge in [-0.15, -0.1) is 4.83 Å². The molecule has 2 rings (SSSR count). The van der Waals surface area contributed by atoms with Crippen LogP contribution in [0.15, 0.2) is 47.4 Å². The van der Waals surface area contributed by atoms with Gasteiger partial charge in [0.05, 0.1) is 4.90 Å². The van der Waals surface area contributed by atoms with Crippen molar-refractivity contribution in [3.05, 3.63) is 59.7 Å². The van der Waals surface area contributed by atoms with Crippen molar-refractivity contribution < 1.29 is 27.1 Å². The van der Waals surface area contributed by atoms with Gasteiger partial charge in [-0.25, -0.2) is 17.2 Å². The van der Waals surface area contributed by atoms with E-state index >= 15 is 0 Å². The Morgan fingerprint density at radius 2 is 1.77 bits per heavy atom. The molecule has 0 aliphatic heterocycles. The van der Waals surface area contributed by atoms with Crippen LogP contribution in [0.2, 0.25) is 0 Å². The molecule has 0 aliphatic carbocycles. The van der Waals surface area contributed by atoms with E-state index in [1.54, 1.807) is 4.83 Å². The fraction of sp³-hybridized carbons (Fsp3) is 0. The first-order valence-electron chi connectivity index (χ1n) is 5.86. The normalized spacial score (nSPS) is 11.2. The molecule has 6 nitrogen and oxygen atoms in total. The average Bonchev–Trinajstić information content (AvgIpc) is 2.47. The van der Waals surface area contributed by atoms with E-state index in [4.69, 9.17) is 0 Å². The van der Waals surface area contributed by atoms with Crippen LogP contribution < -0.4 is 10.3 Å². The summed E-state index contributed by atoms with van der Waals surface area (Å²) in [5.41, 5.74) is 1.90. The second-order valence-corrected chi connectivity index (χ2v) is 5.87. The average molecular weight is 328 g/mol. The van der Waals surface area contributed by atoms with Crippen LogP contribution in [0, 0.1) is 11.6 Å². The third kappa shape index (κ3) is 3.57. The molecule has 0 fully saturated rings. The fourth-order valence-electron chi connectivity index (χ4n) is 1.54. The van der Waals surface area contributed by atoms with Gasteiger partial charge in [0.15, 0.2) is 11.6 Å². The number of phenols is 1. The predicted molar refractivity (Wildman–Crippen MR) is 72.3 cm³/mol. The molecule has 22 heavy (non-hydrogen) atoms. The molecule has 0 saturated heterocycles. The summed E-state index contributed by atoms with van der Waals surface area (Å²) in [6, 6.07) is 7.19. The molecule has 0 heterocycles. The molecule has 0 saturated carbocycles. The van der Waals surface area contributed by atoms with Gasteiger partial charge in [-0.05, 0) is 36.4 Å². The molecule has 1 amide bonds. The van der Waals surface area contributed by atoms with Crippen molar-refractivity contribution in [3.8, 4) is 5.75 Å². The fourth-order valence-corrected chi connectivity index (χ4v) is 2.39. The second kappa shape index (κ2) is 6.08. The molecule has 2 aromatic carbocycles. The highest BCUT2D eigenvalue weighted by molar-refractivity contribution is 7.89. The number of phenolic OH excluding ortho intramolecular Hbond substituents is 1. The van der Waals surface area contributed by atoms with E-state index in [-0.39, 0.29) is 11.3 Å². The summed E-state index contributed by atoms with van der Waals surface area (Å²) in [5.74, 6) is -3.52. The zero-order chi connectivity index (χ0) is 16.3. The first kappa shape index (κ1) is 15.9. The summed E-state index contributed by atoms with van der Waals surface area (Å²) in [6.07, 6.45) is 0. The van der Waals surface area contributed by atoms with Crippen molar-refractivity contribution in [2.24, 2.45) is 0 Å². The van der Waals surface area contributed by atoms with Crippen molar-refractivity contribution >= 4 is 15.9 Å². The van der Waals surface area contributed by atoms with Crippen LogP contribution in [0.25, 0.3) is 0 Å². The van der Waals surface area contributed by atoms with Gasteiger partial charge in [0.2, 0.25) is 0 Å². The lowest BCUT2D eigenvalue weighted by atomic mass is 10.2. The second-order valence-electron chi connectivity index (χ2n) is 4.19. The highest BCUT2D eigenvalue weighted by Crippen LogP contribution is 2.13. The van der Waals surface area contributed by atoms with E-state index in [1.165, 1.54) is 18.2 Å². The maximum absolute atomic E-state index is 13.0. The van der Waals surface area contributed by atoms with E-state index in [0.717, 1.165) is 12.1 Å². The number of hydrogen-bond donors (Lipinski definition) is 3. The Labute approximate surface area is 124 Å². The summed E-state index contributed by atoms with van der Waals surface area (Å²) < 4.78 is 49.5. The van der Waals surface area contributed by atoms with Crippen LogP contribution in [0.3, 0.4) is 0 Å². The van der Waals surface area contributed by atoms with Crippen LogP contribution in [-0.4, -0.2) is 19.4 Å². The standard InChI is InChI=1S/C13H10F2N2O4S/c14-11-5-4-10(7-12(11)15)22(20,21)17-16-13(19)8-2-1-3-9(18)6-8/h1-7,17-18H,(H,16,19). The number of rotatable bonds is 4. The number of halogens is 2. The third-order valence-corrected chi connectivity index (χ3v) is 3.85. The molecule has 2 aromatic rings. The molecule has 9 heteroatoms. The maximum atomic E-state index is 13.0. The number of sulfonamides is 1. The maximum Gasteiger partial charge on any atom is 0.266 e. The lowest BCUT2D eigenvalue weighted by molar-refractivity contribution is 0.0944. The van der Waals surface area contributed by atoms with Crippen molar-refractivity contribution in [1.29, 1.82) is 0 Å². The van der Waals surface area contributed by atoms with Crippen LogP contribution in [0.4, 0.5) is 8.78 Å². The molecular formula is C13H10F2N2O4S. The lowest BCUT2D eigenvalue weighted by Gasteiger charge is -2.09. The van der Waals surface area contributed by atoms with Gasteiger partial charge in [-0.3, -0.25) is 10.2 Å².